The molecule has 0 aliphatic heterocycles. The fourth-order valence-corrected chi connectivity index (χ4v) is 16.1. The molecule has 0 fully saturated rings. The van der Waals surface area contributed by atoms with Crippen LogP contribution in [-0.4, -0.2) is 54.0 Å². The van der Waals surface area contributed by atoms with Gasteiger partial charge in [0.05, 0.1) is 6.61 Å². The van der Waals surface area contributed by atoms with E-state index in [-0.39, 0.29) is 5.97 Å². The number of rotatable bonds is 96. The van der Waals surface area contributed by atoms with Gasteiger partial charge in [0.25, 0.3) is 0 Å². The van der Waals surface area contributed by atoms with E-state index in [9.17, 15) is 9.59 Å². The van der Waals surface area contributed by atoms with E-state index in [0.717, 1.165) is 44.8 Å². The number of carbonyl (C=O) groups excluding carboxylic acids is 2. The lowest BCUT2D eigenvalue weighted by molar-refractivity contribution is -0.137. The van der Waals surface area contributed by atoms with Crippen molar-refractivity contribution >= 4 is 12.3 Å². The third-order valence-electron chi connectivity index (χ3n) is 24.0. The number of allylic oxidation sites excluding steroid dienone is 1. The third-order valence-corrected chi connectivity index (χ3v) is 24.0. The quantitative estimate of drug-likeness (QED) is 0.0243. The first kappa shape index (κ1) is 121. The first-order chi connectivity index (χ1) is 56.5. The van der Waals surface area contributed by atoms with Crippen LogP contribution in [-0.2, 0) is 14.3 Å². The molecule has 688 valence electrons. The number of aliphatic hydroxyl groups is 3. The Kier molecular flexibility index (Phi) is 135. The summed E-state index contributed by atoms with van der Waals surface area (Å²) in [6, 6.07) is 0. The van der Waals surface area contributed by atoms with E-state index in [2.05, 4.69) is 34.6 Å². The van der Waals surface area contributed by atoms with Gasteiger partial charge < -0.3 is 24.9 Å². The van der Waals surface area contributed by atoms with Gasteiger partial charge in [-0.05, 0) is 45.4 Å². The molecule has 0 aliphatic rings. The number of carbonyl (C=O) groups is 2. The monoisotopic (exact) mass is 1610 g/mol. The maximum absolute atomic E-state index is 11.1. The summed E-state index contributed by atoms with van der Waals surface area (Å²) in [6.45, 7) is 14.9. The van der Waals surface area contributed by atoms with E-state index in [1.807, 2.05) is 13.0 Å². The van der Waals surface area contributed by atoms with Gasteiger partial charge in [-0.2, -0.15) is 0 Å². The Morgan fingerprint density at radius 1 is 0.184 bits per heavy atom. The molecule has 0 heterocycles. The van der Waals surface area contributed by atoms with Crippen molar-refractivity contribution in [3.8, 4) is 0 Å². The van der Waals surface area contributed by atoms with Crippen molar-refractivity contribution in [3.63, 3.8) is 0 Å². The maximum Gasteiger partial charge on any atom is 0.330 e. The van der Waals surface area contributed by atoms with E-state index >= 15 is 0 Å². The molecule has 0 amide bonds. The highest BCUT2D eigenvalue weighted by Crippen LogP contribution is 2.22. The average Bonchev–Trinajstić information content (AvgIpc) is 1.39. The van der Waals surface area contributed by atoms with Crippen LogP contribution in [0.5, 0.6) is 0 Å². The van der Waals surface area contributed by atoms with E-state index in [1.54, 1.807) is 6.08 Å². The standard InChI is InChI=1S/C24H46O2.2C22H46O.C20H42O.C20H40O/c1-3-5-6-7-8-9-10-11-12-13-14-15-16-17-18-19-20-21-22-23-24(25)26-4-2;2*1-2-3-4-5-6-7-8-9-10-11-12-13-14-15-16-17-18-19-20-21-22-23;2*1-2-3-4-5-6-7-8-9-10-11-12-13-14-15-16-17-18-19-20-21/h22-23H,3-21H2,1-2H3;2*23H,2-22H2,1H3;21H,2-20H2,1H3;20H,2-19H2,1H3/b23-22+;;;;. The highest BCUT2D eigenvalue weighted by atomic mass is 16.5. The molecule has 0 aromatic heterocycles. The molecule has 0 spiro atoms. The van der Waals surface area contributed by atoms with Crippen molar-refractivity contribution in [1.29, 1.82) is 0 Å². The number of aliphatic hydroxyl groups excluding tert-OH is 3. The molecule has 0 saturated heterocycles. The van der Waals surface area contributed by atoms with Crippen LogP contribution in [0.15, 0.2) is 12.2 Å². The summed E-state index contributed by atoms with van der Waals surface area (Å²) in [4.78, 5) is 21.3. The van der Waals surface area contributed by atoms with Crippen molar-refractivity contribution < 1.29 is 29.6 Å². The molecule has 0 aromatic rings. The van der Waals surface area contributed by atoms with Crippen LogP contribution in [0.25, 0.3) is 0 Å². The molecule has 0 aromatic carbocycles. The number of esters is 1. The molecule has 0 radical (unpaired) electrons. The number of aldehydes is 1. The summed E-state index contributed by atoms with van der Waals surface area (Å²) in [5.41, 5.74) is 0. The second-order valence-corrected chi connectivity index (χ2v) is 35.8. The van der Waals surface area contributed by atoms with E-state index < -0.39 is 0 Å². The van der Waals surface area contributed by atoms with Gasteiger partial charge in [0.2, 0.25) is 0 Å². The zero-order chi connectivity index (χ0) is 83.7. The van der Waals surface area contributed by atoms with Gasteiger partial charge in [-0.25, -0.2) is 4.79 Å². The number of hydrogen-bond acceptors (Lipinski definition) is 6. The fourth-order valence-electron chi connectivity index (χ4n) is 16.1. The predicted molar refractivity (Wildman–Crippen MR) is 515 cm³/mol. The van der Waals surface area contributed by atoms with E-state index in [1.165, 1.54) is 565 Å². The zero-order valence-electron chi connectivity index (χ0n) is 80.1. The van der Waals surface area contributed by atoms with Crippen LogP contribution in [0.3, 0.4) is 0 Å². The zero-order valence-corrected chi connectivity index (χ0v) is 80.1. The normalized spacial score (nSPS) is 11.2. The minimum absolute atomic E-state index is 0.209. The molecule has 3 N–H and O–H groups in total. The van der Waals surface area contributed by atoms with Crippen molar-refractivity contribution in [3.05, 3.63) is 12.2 Å². The molecule has 0 atom stereocenters. The predicted octanol–water partition coefficient (Wildman–Crippen LogP) is 38.0. The lowest BCUT2D eigenvalue weighted by atomic mass is 10.0. The van der Waals surface area contributed by atoms with Gasteiger partial charge in [0.15, 0.2) is 0 Å². The number of ether oxygens (including phenoxy) is 1. The molecule has 0 bridgehead atoms. The Hall–Kier alpha value is -1.24. The van der Waals surface area contributed by atoms with Crippen molar-refractivity contribution in [2.45, 2.75) is 645 Å². The molecule has 0 rings (SSSR count). The van der Waals surface area contributed by atoms with Gasteiger partial charge in [-0.3, -0.25) is 0 Å². The van der Waals surface area contributed by atoms with Crippen LogP contribution in [0, 0.1) is 0 Å². The Morgan fingerprint density at radius 3 is 0.430 bits per heavy atom. The molecule has 0 aliphatic carbocycles. The fraction of sp³-hybridized carbons (Fsp3) is 0.963. The Bertz CT molecular complexity index is 1470. The largest absolute Gasteiger partial charge is 0.463 e. The number of hydrogen-bond donors (Lipinski definition) is 3. The van der Waals surface area contributed by atoms with Gasteiger partial charge in [-0.1, -0.05) is 599 Å². The van der Waals surface area contributed by atoms with Gasteiger partial charge in [0.1, 0.15) is 6.29 Å². The van der Waals surface area contributed by atoms with Gasteiger partial charge >= 0.3 is 5.97 Å². The van der Waals surface area contributed by atoms with Crippen molar-refractivity contribution in [2.75, 3.05) is 26.4 Å². The number of unbranched alkanes of at least 4 members (excludes halogenated alkanes) is 89. The summed E-state index contributed by atoms with van der Waals surface area (Å²) >= 11 is 0. The summed E-state index contributed by atoms with van der Waals surface area (Å²) < 4.78 is 4.85. The Labute approximate surface area is 721 Å². The molecule has 0 saturated carbocycles. The lowest BCUT2D eigenvalue weighted by Gasteiger charge is -2.03. The average molecular weight is 1610 g/mol. The van der Waals surface area contributed by atoms with Crippen LogP contribution in [0.2, 0.25) is 0 Å². The van der Waals surface area contributed by atoms with E-state index in [4.69, 9.17) is 20.1 Å². The summed E-state index contributed by atoms with van der Waals surface area (Å²) in [5, 5.41) is 26.1. The Morgan fingerprint density at radius 2 is 0.307 bits per heavy atom. The van der Waals surface area contributed by atoms with Crippen LogP contribution in [0.1, 0.15) is 645 Å². The summed E-state index contributed by atoms with van der Waals surface area (Å²) in [5.74, 6) is -0.209. The highest BCUT2D eigenvalue weighted by molar-refractivity contribution is 5.81. The summed E-state index contributed by atoms with van der Waals surface area (Å²) in [6.07, 6.45) is 135. The molecule has 6 nitrogen and oxygen atoms in total. The molecular formula is C108H220O6. The Balaban J connectivity index is -0.000000435. The van der Waals surface area contributed by atoms with E-state index in [0.29, 0.717) is 26.4 Å². The van der Waals surface area contributed by atoms with Crippen molar-refractivity contribution in [2.24, 2.45) is 0 Å². The smallest absolute Gasteiger partial charge is 0.330 e. The highest BCUT2D eigenvalue weighted by Gasteiger charge is 2.03. The third kappa shape index (κ3) is 137. The SMILES string of the molecule is CCCCCCCCCCCCCCCCCCC/C=C/C(=O)OCC.CCCCCCCCCCCCCCCCCCCC=O.CCCCCCCCCCCCCCCCCCCCCCO.CCCCCCCCCCCCCCCCCCCCCCO.CCCCCCCCCCCCCCCCCCCCO. The maximum atomic E-state index is 11.1. The minimum Gasteiger partial charge on any atom is -0.463 e. The minimum atomic E-state index is -0.209. The van der Waals surface area contributed by atoms with Gasteiger partial charge in [-0.15, -0.1) is 0 Å². The first-order valence-corrected chi connectivity index (χ1v) is 53.6. The molecule has 114 heavy (non-hydrogen) atoms. The first-order valence-electron chi connectivity index (χ1n) is 53.6. The molecule has 6 heteroatoms. The van der Waals surface area contributed by atoms with Crippen LogP contribution >= 0.6 is 0 Å². The molecule has 0 unspecified atom stereocenters. The lowest BCUT2D eigenvalue weighted by Crippen LogP contribution is -1.98. The molecular weight excluding hydrogens is 1390 g/mol. The van der Waals surface area contributed by atoms with Gasteiger partial charge in [0, 0.05) is 32.3 Å². The second kappa shape index (κ2) is 127. The summed E-state index contributed by atoms with van der Waals surface area (Å²) in [7, 11) is 0. The van der Waals surface area contributed by atoms with Crippen molar-refractivity contribution in [1.82, 2.24) is 0 Å². The van der Waals surface area contributed by atoms with Crippen LogP contribution in [0.4, 0.5) is 0 Å². The van der Waals surface area contributed by atoms with Crippen LogP contribution < -0.4 is 0 Å². The topological polar surface area (TPSA) is 104 Å². The second-order valence-electron chi connectivity index (χ2n) is 35.8.